The third-order valence-electron chi connectivity index (χ3n) is 3.94. The van der Waals surface area contributed by atoms with Gasteiger partial charge in [-0.05, 0) is 72.5 Å². The summed E-state index contributed by atoms with van der Waals surface area (Å²) in [5.74, 6) is -0.369. The Morgan fingerprint density at radius 1 is 1.20 bits per heavy atom. The van der Waals surface area contributed by atoms with Gasteiger partial charge in [-0.15, -0.1) is 0 Å². The van der Waals surface area contributed by atoms with Crippen LogP contribution >= 0.6 is 23.9 Å². The molecule has 25 heavy (non-hydrogen) atoms. The zero-order chi connectivity index (χ0) is 18.8. The van der Waals surface area contributed by atoms with Gasteiger partial charge in [-0.25, -0.2) is 9.78 Å². The van der Waals surface area contributed by atoms with Gasteiger partial charge in [0.1, 0.15) is 5.69 Å². The lowest BCUT2D eigenvalue weighted by atomic mass is 9.84. The third-order valence-corrected chi connectivity index (χ3v) is 5.92. The average molecular weight is 379 g/mol. The largest absolute Gasteiger partial charge is 0.461 e. The van der Waals surface area contributed by atoms with E-state index in [1.54, 1.807) is 30.8 Å². The normalized spacial score (nSPS) is 11.6. The molecule has 0 bridgehead atoms. The highest BCUT2D eigenvalue weighted by atomic mass is 32.2. The summed E-state index contributed by atoms with van der Waals surface area (Å²) in [4.78, 5) is 16.8. The van der Waals surface area contributed by atoms with Crippen molar-refractivity contribution < 1.29 is 9.53 Å². The molecule has 0 radical (unpaired) electrons. The Morgan fingerprint density at radius 2 is 1.84 bits per heavy atom. The molecule has 0 fully saturated rings. The molecule has 6 heteroatoms. The number of aryl methyl sites for hydroxylation is 1. The summed E-state index contributed by atoms with van der Waals surface area (Å²) in [7, 11) is 0. The van der Waals surface area contributed by atoms with E-state index in [4.69, 9.17) is 4.74 Å². The van der Waals surface area contributed by atoms with Crippen LogP contribution in [0.3, 0.4) is 0 Å². The van der Waals surface area contributed by atoms with E-state index >= 15 is 0 Å². The Balaban J connectivity index is 2.78. The van der Waals surface area contributed by atoms with Crippen LogP contribution in [0.25, 0.3) is 10.9 Å². The Kier molecular flexibility index (Phi) is 6.27. The number of pyridine rings is 1. The number of hydrogen-bond acceptors (Lipinski definition) is 6. The number of fused-ring (bicyclic) bond motifs is 1. The van der Waals surface area contributed by atoms with Crippen molar-refractivity contribution in [1.29, 1.82) is 0 Å². The molecule has 0 saturated heterocycles. The molecule has 4 nitrogen and oxygen atoms in total. The molecular formula is C19H26N2O2S2. The molecule has 136 valence electrons. The molecule has 2 aromatic rings. The van der Waals surface area contributed by atoms with Gasteiger partial charge < -0.3 is 4.74 Å². The average Bonchev–Trinajstić information content (AvgIpc) is 2.55. The lowest BCUT2D eigenvalue weighted by Gasteiger charge is -2.26. The van der Waals surface area contributed by atoms with E-state index in [9.17, 15) is 4.79 Å². The number of benzene rings is 1. The van der Waals surface area contributed by atoms with E-state index < -0.39 is 0 Å². The molecular weight excluding hydrogens is 352 g/mol. The number of carbonyl (C=O) groups is 1. The number of hydrogen-bond donors (Lipinski definition) is 0. The maximum absolute atomic E-state index is 12.2. The van der Waals surface area contributed by atoms with E-state index in [2.05, 4.69) is 54.1 Å². The summed E-state index contributed by atoms with van der Waals surface area (Å²) in [5.41, 5.74) is 4.44. The van der Waals surface area contributed by atoms with Crippen molar-refractivity contribution in [2.24, 2.45) is 0 Å². The molecule has 0 aliphatic rings. The fourth-order valence-corrected chi connectivity index (χ4v) is 3.98. The van der Waals surface area contributed by atoms with Crippen molar-refractivity contribution in [3.8, 4) is 0 Å². The maximum atomic E-state index is 12.2. The van der Waals surface area contributed by atoms with Crippen LogP contribution in [-0.4, -0.2) is 30.1 Å². The first kappa shape index (κ1) is 19.9. The van der Waals surface area contributed by atoms with Gasteiger partial charge in [0.25, 0.3) is 0 Å². The van der Waals surface area contributed by atoms with Crippen molar-refractivity contribution in [2.75, 3.05) is 22.8 Å². The second-order valence-corrected chi connectivity index (χ2v) is 8.50. The van der Waals surface area contributed by atoms with Gasteiger partial charge in [0.05, 0.1) is 17.8 Å². The predicted molar refractivity (Wildman–Crippen MR) is 111 cm³/mol. The summed E-state index contributed by atoms with van der Waals surface area (Å²) in [6.07, 6.45) is 4.12. The number of carbonyl (C=O) groups excluding carboxylic acids is 1. The van der Waals surface area contributed by atoms with E-state index in [0.717, 1.165) is 27.7 Å². The first-order valence-corrected chi connectivity index (χ1v) is 10.6. The van der Waals surface area contributed by atoms with E-state index in [0.29, 0.717) is 12.3 Å². The van der Waals surface area contributed by atoms with Gasteiger partial charge in [-0.3, -0.25) is 3.71 Å². The second kappa shape index (κ2) is 7.87. The minimum Gasteiger partial charge on any atom is -0.461 e. The maximum Gasteiger partial charge on any atom is 0.356 e. The van der Waals surface area contributed by atoms with Crippen molar-refractivity contribution in [3.63, 3.8) is 0 Å². The van der Waals surface area contributed by atoms with Crippen molar-refractivity contribution in [1.82, 2.24) is 4.98 Å². The number of nitrogens with zero attached hydrogens (tertiary/aromatic N) is 2. The molecule has 0 atom stereocenters. The summed E-state index contributed by atoms with van der Waals surface area (Å²) < 4.78 is 7.31. The number of anilines is 1. The fourth-order valence-electron chi connectivity index (χ4n) is 2.75. The number of esters is 1. The van der Waals surface area contributed by atoms with Gasteiger partial charge in [-0.2, -0.15) is 0 Å². The van der Waals surface area contributed by atoms with Crippen molar-refractivity contribution in [2.45, 2.75) is 40.0 Å². The molecule has 0 saturated carbocycles. The van der Waals surface area contributed by atoms with Crippen LogP contribution in [0.2, 0.25) is 0 Å². The molecule has 1 heterocycles. The van der Waals surface area contributed by atoms with Crippen LogP contribution in [0.5, 0.6) is 0 Å². The number of aromatic nitrogens is 1. The van der Waals surface area contributed by atoms with Gasteiger partial charge in [-0.1, -0.05) is 20.8 Å². The highest BCUT2D eigenvalue weighted by Crippen LogP contribution is 2.38. The Hall–Kier alpha value is -1.40. The van der Waals surface area contributed by atoms with Gasteiger partial charge in [0.15, 0.2) is 0 Å². The molecule has 0 aliphatic heterocycles. The molecule has 1 aromatic carbocycles. The van der Waals surface area contributed by atoms with Crippen molar-refractivity contribution >= 4 is 46.5 Å². The SMILES string of the molecule is CCOC(=O)c1cc(C)c2cc(N(SC)SC)cc(C(C)(C)C)c2n1. The highest BCUT2D eigenvalue weighted by molar-refractivity contribution is 8.17. The topological polar surface area (TPSA) is 42.4 Å². The molecule has 0 unspecified atom stereocenters. The highest BCUT2D eigenvalue weighted by Gasteiger charge is 2.23. The van der Waals surface area contributed by atoms with E-state index in [-0.39, 0.29) is 11.4 Å². The molecule has 2 rings (SSSR count). The number of rotatable bonds is 5. The lowest BCUT2D eigenvalue weighted by Crippen LogP contribution is -2.16. The Labute approximate surface area is 159 Å². The lowest BCUT2D eigenvalue weighted by molar-refractivity contribution is 0.0520. The first-order chi connectivity index (χ1) is 11.7. The summed E-state index contributed by atoms with van der Waals surface area (Å²) in [6, 6.07) is 6.14. The van der Waals surface area contributed by atoms with Gasteiger partial charge >= 0.3 is 5.97 Å². The summed E-state index contributed by atoms with van der Waals surface area (Å²) in [6.45, 7) is 10.7. The minimum absolute atomic E-state index is 0.0938. The van der Waals surface area contributed by atoms with Gasteiger partial charge in [0.2, 0.25) is 0 Å². The fraction of sp³-hybridized carbons (Fsp3) is 0.474. The third kappa shape index (κ3) is 4.23. The van der Waals surface area contributed by atoms with Crippen LogP contribution in [-0.2, 0) is 10.2 Å². The quantitative estimate of drug-likeness (QED) is 0.514. The number of ether oxygens (including phenoxy) is 1. The molecule has 0 aliphatic carbocycles. The van der Waals surface area contributed by atoms with Crippen molar-refractivity contribution in [3.05, 3.63) is 35.0 Å². The Bertz CT molecular complexity index is 781. The first-order valence-electron chi connectivity index (χ1n) is 8.24. The van der Waals surface area contributed by atoms with E-state index in [1.807, 2.05) is 13.0 Å². The van der Waals surface area contributed by atoms with Crippen LogP contribution in [0.15, 0.2) is 18.2 Å². The Morgan fingerprint density at radius 3 is 2.36 bits per heavy atom. The predicted octanol–water partition coefficient (Wildman–Crippen LogP) is 5.38. The summed E-state index contributed by atoms with van der Waals surface area (Å²) >= 11 is 3.35. The zero-order valence-electron chi connectivity index (χ0n) is 16.0. The van der Waals surface area contributed by atoms with Gasteiger partial charge in [0, 0.05) is 17.9 Å². The van der Waals surface area contributed by atoms with Crippen LogP contribution in [0, 0.1) is 6.92 Å². The second-order valence-electron chi connectivity index (χ2n) is 6.81. The smallest absolute Gasteiger partial charge is 0.356 e. The standard InChI is InChI=1S/C19H26N2O2S2/c1-8-23-18(22)16-9-12(2)14-10-13(21(24-6)25-7)11-15(17(14)20-16)19(3,4)5/h9-11H,8H2,1-7H3. The van der Waals surface area contributed by atoms with E-state index in [1.165, 1.54) is 0 Å². The van der Waals surface area contributed by atoms with Crippen LogP contribution < -0.4 is 3.71 Å². The molecule has 0 spiro atoms. The molecule has 1 aromatic heterocycles. The summed E-state index contributed by atoms with van der Waals surface area (Å²) in [5, 5.41) is 1.07. The monoisotopic (exact) mass is 378 g/mol. The molecule has 0 amide bonds. The minimum atomic E-state index is -0.369. The molecule has 0 N–H and O–H groups in total. The van der Waals surface area contributed by atoms with Crippen LogP contribution in [0.4, 0.5) is 5.69 Å². The van der Waals surface area contributed by atoms with Crippen LogP contribution in [0.1, 0.15) is 49.3 Å². The zero-order valence-corrected chi connectivity index (χ0v) is 17.6.